The molecule has 2 aromatic carbocycles. The van der Waals surface area contributed by atoms with Crippen molar-refractivity contribution < 1.29 is 14.2 Å². The van der Waals surface area contributed by atoms with E-state index in [4.69, 9.17) is 14.2 Å². The molecule has 0 saturated heterocycles. The zero-order valence-corrected chi connectivity index (χ0v) is 15.0. The standard InChI is InChI=1S/C17H18N4O3S/c1-22-14-6-4-13(5-7-14)21-17(18-19-20-21)25-11-12-10-15(23-2)8-9-16(12)24-3/h4-10H,11H2,1-3H3. The molecule has 0 amide bonds. The number of thioether (sulfide) groups is 1. The van der Waals surface area contributed by atoms with Gasteiger partial charge in [0, 0.05) is 11.3 Å². The fraction of sp³-hybridized carbons (Fsp3) is 0.235. The molecular weight excluding hydrogens is 340 g/mol. The molecule has 25 heavy (non-hydrogen) atoms. The fourth-order valence-corrected chi connectivity index (χ4v) is 3.16. The molecular formula is C17H18N4O3S. The van der Waals surface area contributed by atoms with Crippen molar-refractivity contribution >= 4 is 11.8 Å². The zero-order chi connectivity index (χ0) is 17.6. The largest absolute Gasteiger partial charge is 0.497 e. The lowest BCUT2D eigenvalue weighted by atomic mass is 10.2. The number of rotatable bonds is 7. The van der Waals surface area contributed by atoms with E-state index >= 15 is 0 Å². The van der Waals surface area contributed by atoms with Crippen molar-refractivity contribution in [2.75, 3.05) is 21.3 Å². The molecule has 0 spiro atoms. The molecule has 0 saturated carbocycles. The summed E-state index contributed by atoms with van der Waals surface area (Å²) in [5, 5.41) is 12.7. The minimum Gasteiger partial charge on any atom is -0.497 e. The lowest BCUT2D eigenvalue weighted by Gasteiger charge is -2.10. The van der Waals surface area contributed by atoms with Crippen molar-refractivity contribution in [3.05, 3.63) is 48.0 Å². The fourth-order valence-electron chi connectivity index (χ4n) is 2.29. The first-order chi connectivity index (χ1) is 12.2. The van der Waals surface area contributed by atoms with Crippen LogP contribution in [0.2, 0.25) is 0 Å². The maximum Gasteiger partial charge on any atom is 0.214 e. The second-order valence-corrected chi connectivity index (χ2v) is 5.98. The van der Waals surface area contributed by atoms with E-state index in [1.807, 2.05) is 42.5 Å². The summed E-state index contributed by atoms with van der Waals surface area (Å²) in [4.78, 5) is 0. The number of nitrogens with zero attached hydrogens (tertiary/aromatic N) is 4. The first-order valence-electron chi connectivity index (χ1n) is 7.51. The molecule has 0 aliphatic rings. The third-order valence-electron chi connectivity index (χ3n) is 3.60. The highest BCUT2D eigenvalue weighted by Crippen LogP contribution is 2.30. The van der Waals surface area contributed by atoms with Crippen LogP contribution in [0.1, 0.15) is 5.56 Å². The average Bonchev–Trinajstić information content (AvgIpc) is 3.14. The third kappa shape index (κ3) is 3.85. The van der Waals surface area contributed by atoms with Crippen molar-refractivity contribution in [3.63, 3.8) is 0 Å². The van der Waals surface area contributed by atoms with Crippen LogP contribution in [0.5, 0.6) is 17.2 Å². The lowest BCUT2D eigenvalue weighted by molar-refractivity contribution is 0.400. The van der Waals surface area contributed by atoms with Gasteiger partial charge in [-0.25, -0.2) is 0 Å². The Hall–Kier alpha value is -2.74. The van der Waals surface area contributed by atoms with Crippen LogP contribution in [-0.4, -0.2) is 41.5 Å². The maximum atomic E-state index is 5.41. The zero-order valence-electron chi connectivity index (χ0n) is 14.2. The van der Waals surface area contributed by atoms with Gasteiger partial charge in [-0.15, -0.1) is 5.10 Å². The van der Waals surface area contributed by atoms with Gasteiger partial charge in [0.25, 0.3) is 0 Å². The summed E-state index contributed by atoms with van der Waals surface area (Å²) in [6, 6.07) is 13.3. The first-order valence-corrected chi connectivity index (χ1v) is 8.50. The maximum absolute atomic E-state index is 5.41. The second-order valence-electron chi connectivity index (χ2n) is 5.04. The molecule has 0 fully saturated rings. The van der Waals surface area contributed by atoms with Gasteiger partial charge in [-0.1, -0.05) is 11.8 Å². The monoisotopic (exact) mass is 358 g/mol. The molecule has 130 valence electrons. The van der Waals surface area contributed by atoms with Crippen LogP contribution in [0, 0.1) is 0 Å². The number of hydrogen-bond donors (Lipinski definition) is 0. The number of methoxy groups -OCH3 is 3. The Kier molecular flexibility index (Phi) is 5.39. The molecule has 3 aromatic rings. The van der Waals surface area contributed by atoms with Crippen molar-refractivity contribution in [2.45, 2.75) is 10.9 Å². The molecule has 3 rings (SSSR count). The van der Waals surface area contributed by atoms with E-state index in [1.165, 1.54) is 11.8 Å². The molecule has 0 aliphatic carbocycles. The third-order valence-corrected chi connectivity index (χ3v) is 4.57. The van der Waals surface area contributed by atoms with Gasteiger partial charge in [-0.2, -0.15) is 4.68 Å². The average molecular weight is 358 g/mol. The molecule has 7 nitrogen and oxygen atoms in total. The van der Waals surface area contributed by atoms with Gasteiger partial charge in [0.1, 0.15) is 17.2 Å². The molecule has 8 heteroatoms. The van der Waals surface area contributed by atoms with Gasteiger partial charge in [-0.3, -0.25) is 0 Å². The van der Waals surface area contributed by atoms with Crippen LogP contribution in [0.3, 0.4) is 0 Å². The van der Waals surface area contributed by atoms with Crippen molar-refractivity contribution in [2.24, 2.45) is 0 Å². The summed E-state index contributed by atoms with van der Waals surface area (Å²) < 4.78 is 17.6. The van der Waals surface area contributed by atoms with E-state index in [0.29, 0.717) is 10.9 Å². The summed E-state index contributed by atoms with van der Waals surface area (Å²) in [7, 11) is 4.93. The topological polar surface area (TPSA) is 71.3 Å². The normalized spacial score (nSPS) is 10.5. The highest BCUT2D eigenvalue weighted by atomic mass is 32.2. The van der Waals surface area contributed by atoms with E-state index in [9.17, 15) is 0 Å². The van der Waals surface area contributed by atoms with Crippen molar-refractivity contribution in [1.82, 2.24) is 20.2 Å². The van der Waals surface area contributed by atoms with Crippen LogP contribution >= 0.6 is 11.8 Å². The van der Waals surface area contributed by atoms with Crippen LogP contribution < -0.4 is 14.2 Å². The summed E-state index contributed by atoms with van der Waals surface area (Å²) in [5.74, 6) is 3.02. The Bertz CT molecular complexity index is 836. The first kappa shape index (κ1) is 17.1. The quantitative estimate of drug-likeness (QED) is 0.601. The second kappa shape index (κ2) is 7.89. The van der Waals surface area contributed by atoms with Gasteiger partial charge in [-0.05, 0) is 52.9 Å². The molecule has 0 radical (unpaired) electrons. The van der Waals surface area contributed by atoms with E-state index in [0.717, 1.165) is 28.5 Å². The molecule has 0 aliphatic heterocycles. The Morgan fingerprint density at radius 3 is 2.32 bits per heavy atom. The number of ether oxygens (including phenoxy) is 3. The Morgan fingerprint density at radius 2 is 1.64 bits per heavy atom. The SMILES string of the molecule is COc1ccc(-n2nnnc2SCc2cc(OC)ccc2OC)cc1. The lowest BCUT2D eigenvalue weighted by Crippen LogP contribution is -1.99. The van der Waals surface area contributed by atoms with Gasteiger partial charge in [0.15, 0.2) is 0 Å². The highest BCUT2D eigenvalue weighted by Gasteiger charge is 2.12. The Labute approximate surface area is 149 Å². The summed E-state index contributed by atoms with van der Waals surface area (Å²) in [6.45, 7) is 0. The molecule has 0 unspecified atom stereocenters. The van der Waals surface area contributed by atoms with Crippen LogP contribution in [0.4, 0.5) is 0 Å². The predicted octanol–water partition coefficient (Wildman–Crippen LogP) is 2.98. The molecule has 1 heterocycles. The summed E-state index contributed by atoms with van der Waals surface area (Å²) in [6.07, 6.45) is 0. The van der Waals surface area contributed by atoms with E-state index < -0.39 is 0 Å². The van der Waals surface area contributed by atoms with Gasteiger partial charge < -0.3 is 14.2 Å². The minimum absolute atomic E-state index is 0.650. The minimum atomic E-state index is 0.650. The van der Waals surface area contributed by atoms with Crippen LogP contribution in [0.25, 0.3) is 5.69 Å². The van der Waals surface area contributed by atoms with Gasteiger partial charge >= 0.3 is 0 Å². The van der Waals surface area contributed by atoms with Crippen LogP contribution in [-0.2, 0) is 5.75 Å². The molecule has 0 atom stereocenters. The van der Waals surface area contributed by atoms with E-state index in [-0.39, 0.29) is 0 Å². The van der Waals surface area contributed by atoms with E-state index in [1.54, 1.807) is 26.0 Å². The Balaban J connectivity index is 1.80. The van der Waals surface area contributed by atoms with E-state index in [2.05, 4.69) is 15.5 Å². The van der Waals surface area contributed by atoms with Gasteiger partial charge in [0.05, 0.1) is 27.0 Å². The van der Waals surface area contributed by atoms with Crippen molar-refractivity contribution in [1.29, 1.82) is 0 Å². The molecule has 0 N–H and O–H groups in total. The summed E-state index contributed by atoms with van der Waals surface area (Å²) >= 11 is 1.52. The molecule has 1 aromatic heterocycles. The molecule has 0 bridgehead atoms. The summed E-state index contributed by atoms with van der Waals surface area (Å²) in [5.41, 5.74) is 1.88. The van der Waals surface area contributed by atoms with Gasteiger partial charge in [0.2, 0.25) is 5.16 Å². The number of hydrogen-bond acceptors (Lipinski definition) is 7. The Morgan fingerprint density at radius 1 is 0.920 bits per heavy atom. The predicted molar refractivity (Wildman–Crippen MR) is 94.8 cm³/mol. The number of aromatic nitrogens is 4. The number of benzene rings is 2. The number of tetrazole rings is 1. The van der Waals surface area contributed by atoms with Crippen molar-refractivity contribution in [3.8, 4) is 22.9 Å². The smallest absolute Gasteiger partial charge is 0.214 e. The highest BCUT2D eigenvalue weighted by molar-refractivity contribution is 7.98. The van der Waals surface area contributed by atoms with Crippen LogP contribution in [0.15, 0.2) is 47.6 Å².